The van der Waals surface area contributed by atoms with E-state index < -0.39 is 0 Å². The van der Waals surface area contributed by atoms with Crippen LogP contribution in [0.25, 0.3) is 10.9 Å². The van der Waals surface area contributed by atoms with Gasteiger partial charge in [0.2, 0.25) is 0 Å². The molecular weight excluding hydrogens is 370 g/mol. The molecule has 0 amide bonds. The van der Waals surface area contributed by atoms with E-state index in [4.69, 9.17) is 9.72 Å². The lowest BCUT2D eigenvalue weighted by Crippen LogP contribution is -2.31. The van der Waals surface area contributed by atoms with Crippen molar-refractivity contribution in [2.45, 2.75) is 33.4 Å². The summed E-state index contributed by atoms with van der Waals surface area (Å²) in [4.78, 5) is 7.31. The van der Waals surface area contributed by atoms with Crippen molar-refractivity contribution in [3.8, 4) is 5.75 Å². The van der Waals surface area contributed by atoms with Crippen LogP contribution in [0.1, 0.15) is 27.9 Å². The van der Waals surface area contributed by atoms with Gasteiger partial charge in [0.1, 0.15) is 5.75 Å². The Morgan fingerprint density at radius 2 is 1.73 bits per heavy atom. The van der Waals surface area contributed by atoms with Gasteiger partial charge in [-0.3, -0.25) is 0 Å². The fourth-order valence-electron chi connectivity index (χ4n) is 4.60. The van der Waals surface area contributed by atoms with E-state index in [-0.39, 0.29) is 0 Å². The normalized spacial score (nSPS) is 13.5. The van der Waals surface area contributed by atoms with Crippen LogP contribution in [0, 0.1) is 13.8 Å². The summed E-state index contributed by atoms with van der Waals surface area (Å²) in [5.74, 6) is 1.98. The molecular formula is C26H27N3O. The number of anilines is 1. The Bertz CT molecular complexity index is 1210. The van der Waals surface area contributed by atoms with E-state index in [1.165, 1.54) is 38.9 Å². The minimum Gasteiger partial charge on any atom is -0.497 e. The lowest BCUT2D eigenvalue weighted by atomic mass is 10.00. The molecule has 4 aromatic rings. The first-order valence-corrected chi connectivity index (χ1v) is 10.5. The standard InChI is InChI=1S/C26H27N3O/c1-18-19(2)29(16-20-8-10-23(30-3)11-9-20)25-24(18)12-14-27-26(25)28-15-13-21-6-4-5-7-22(21)17-28/h4-12,14H,13,15-17H2,1-3H3. The van der Waals surface area contributed by atoms with E-state index in [0.717, 1.165) is 37.6 Å². The van der Waals surface area contributed by atoms with Crippen molar-refractivity contribution in [2.24, 2.45) is 0 Å². The second kappa shape index (κ2) is 7.52. The SMILES string of the molecule is COc1ccc(Cn2c(C)c(C)c3ccnc(N4CCc5ccccc5C4)c32)cc1. The number of nitrogens with zero attached hydrogens (tertiary/aromatic N) is 3. The fourth-order valence-corrected chi connectivity index (χ4v) is 4.60. The average Bonchev–Trinajstić information content (AvgIpc) is 3.04. The number of pyridine rings is 1. The highest BCUT2D eigenvalue weighted by Crippen LogP contribution is 2.34. The van der Waals surface area contributed by atoms with E-state index in [1.54, 1.807) is 7.11 Å². The van der Waals surface area contributed by atoms with E-state index in [2.05, 4.69) is 65.8 Å². The number of benzene rings is 2. The predicted molar refractivity (Wildman–Crippen MR) is 122 cm³/mol. The van der Waals surface area contributed by atoms with Gasteiger partial charge in [0.25, 0.3) is 0 Å². The van der Waals surface area contributed by atoms with Crippen LogP contribution in [-0.2, 0) is 19.5 Å². The summed E-state index contributed by atoms with van der Waals surface area (Å²) >= 11 is 0. The van der Waals surface area contributed by atoms with Gasteiger partial charge in [0.15, 0.2) is 5.82 Å². The maximum atomic E-state index is 5.32. The lowest BCUT2D eigenvalue weighted by Gasteiger charge is -2.30. The van der Waals surface area contributed by atoms with E-state index in [1.807, 2.05) is 18.3 Å². The molecule has 0 saturated heterocycles. The van der Waals surface area contributed by atoms with Crippen molar-refractivity contribution in [3.05, 3.63) is 88.7 Å². The van der Waals surface area contributed by atoms with Crippen molar-refractivity contribution in [2.75, 3.05) is 18.6 Å². The van der Waals surface area contributed by atoms with Crippen molar-refractivity contribution < 1.29 is 4.74 Å². The van der Waals surface area contributed by atoms with E-state index in [0.29, 0.717) is 0 Å². The van der Waals surface area contributed by atoms with E-state index >= 15 is 0 Å². The molecule has 5 rings (SSSR count). The predicted octanol–water partition coefficient (Wildman–Crippen LogP) is 5.27. The zero-order chi connectivity index (χ0) is 20.7. The summed E-state index contributed by atoms with van der Waals surface area (Å²) in [7, 11) is 1.71. The highest BCUT2D eigenvalue weighted by Gasteiger charge is 2.22. The minimum absolute atomic E-state index is 0.823. The van der Waals surface area contributed by atoms with Crippen LogP contribution < -0.4 is 9.64 Å². The molecule has 0 fully saturated rings. The molecule has 1 aliphatic rings. The average molecular weight is 398 g/mol. The Morgan fingerprint density at radius 3 is 2.50 bits per heavy atom. The Hall–Kier alpha value is -3.27. The zero-order valence-corrected chi connectivity index (χ0v) is 17.9. The number of hydrogen-bond donors (Lipinski definition) is 0. The molecule has 0 N–H and O–H groups in total. The maximum absolute atomic E-state index is 5.32. The number of aryl methyl sites for hydroxylation is 1. The molecule has 4 nitrogen and oxygen atoms in total. The van der Waals surface area contributed by atoms with Gasteiger partial charge >= 0.3 is 0 Å². The molecule has 30 heavy (non-hydrogen) atoms. The van der Waals surface area contributed by atoms with Gasteiger partial charge in [0.05, 0.1) is 12.6 Å². The van der Waals surface area contributed by atoms with Gasteiger partial charge < -0.3 is 14.2 Å². The molecule has 0 aliphatic carbocycles. The van der Waals surface area contributed by atoms with Crippen molar-refractivity contribution >= 4 is 16.7 Å². The Kier molecular flexibility index (Phi) is 4.70. The van der Waals surface area contributed by atoms with Crippen molar-refractivity contribution in [1.29, 1.82) is 0 Å². The highest BCUT2D eigenvalue weighted by molar-refractivity contribution is 5.93. The first kappa shape index (κ1) is 18.7. The summed E-state index contributed by atoms with van der Waals surface area (Å²) < 4.78 is 7.75. The molecule has 0 radical (unpaired) electrons. The third-order valence-electron chi connectivity index (χ3n) is 6.46. The number of methoxy groups -OCH3 is 1. The number of fused-ring (bicyclic) bond motifs is 2. The molecule has 0 unspecified atom stereocenters. The molecule has 3 heterocycles. The number of ether oxygens (including phenoxy) is 1. The first-order valence-electron chi connectivity index (χ1n) is 10.5. The lowest BCUT2D eigenvalue weighted by molar-refractivity contribution is 0.414. The van der Waals surface area contributed by atoms with Gasteiger partial charge in [-0.15, -0.1) is 0 Å². The maximum Gasteiger partial charge on any atom is 0.153 e. The number of hydrogen-bond acceptors (Lipinski definition) is 3. The molecule has 2 aromatic carbocycles. The number of aromatic nitrogens is 2. The molecule has 0 bridgehead atoms. The third-order valence-corrected chi connectivity index (χ3v) is 6.46. The zero-order valence-electron chi connectivity index (χ0n) is 17.9. The van der Waals surface area contributed by atoms with Crippen molar-refractivity contribution in [3.63, 3.8) is 0 Å². The van der Waals surface area contributed by atoms with Crippen molar-refractivity contribution in [1.82, 2.24) is 9.55 Å². The highest BCUT2D eigenvalue weighted by atomic mass is 16.5. The van der Waals surface area contributed by atoms with Crippen LogP contribution in [0.5, 0.6) is 5.75 Å². The van der Waals surface area contributed by atoms with Gasteiger partial charge in [-0.2, -0.15) is 0 Å². The quantitative estimate of drug-likeness (QED) is 0.470. The molecule has 4 heteroatoms. The van der Waals surface area contributed by atoms with Crippen LogP contribution in [0.15, 0.2) is 60.8 Å². The minimum atomic E-state index is 0.823. The van der Waals surface area contributed by atoms with Crippen LogP contribution in [0.4, 0.5) is 5.82 Å². The number of rotatable bonds is 4. The Morgan fingerprint density at radius 1 is 0.967 bits per heavy atom. The molecule has 0 atom stereocenters. The Balaban J connectivity index is 1.59. The van der Waals surface area contributed by atoms with E-state index in [9.17, 15) is 0 Å². The largest absolute Gasteiger partial charge is 0.497 e. The molecule has 152 valence electrons. The molecule has 1 aliphatic heterocycles. The third kappa shape index (κ3) is 3.13. The van der Waals surface area contributed by atoms with Gasteiger partial charge in [-0.1, -0.05) is 36.4 Å². The van der Waals surface area contributed by atoms with Crippen LogP contribution in [0.3, 0.4) is 0 Å². The smallest absolute Gasteiger partial charge is 0.153 e. The van der Waals surface area contributed by atoms with Crippen LogP contribution in [-0.4, -0.2) is 23.2 Å². The van der Waals surface area contributed by atoms with Crippen LogP contribution in [0.2, 0.25) is 0 Å². The monoisotopic (exact) mass is 397 g/mol. The van der Waals surface area contributed by atoms with Gasteiger partial charge in [0, 0.05) is 36.9 Å². The second-order valence-electron chi connectivity index (χ2n) is 8.12. The summed E-state index contributed by atoms with van der Waals surface area (Å²) in [6, 6.07) is 19.3. The Labute approximate surface area is 177 Å². The summed E-state index contributed by atoms with van der Waals surface area (Å²) in [5.41, 5.74) is 8.00. The van der Waals surface area contributed by atoms with Crippen LogP contribution >= 0.6 is 0 Å². The summed E-state index contributed by atoms with van der Waals surface area (Å²) in [6.45, 7) is 7.16. The van der Waals surface area contributed by atoms with Gasteiger partial charge in [-0.25, -0.2) is 4.98 Å². The summed E-state index contributed by atoms with van der Waals surface area (Å²) in [5, 5.41) is 1.30. The fraction of sp³-hybridized carbons (Fsp3) is 0.269. The van der Waals surface area contributed by atoms with Gasteiger partial charge in [-0.05, 0) is 60.7 Å². The summed E-state index contributed by atoms with van der Waals surface area (Å²) in [6.07, 6.45) is 3.02. The topological polar surface area (TPSA) is 30.3 Å². The second-order valence-corrected chi connectivity index (χ2v) is 8.12. The molecule has 0 spiro atoms. The first-order chi connectivity index (χ1) is 14.7. The molecule has 0 saturated carbocycles. The molecule has 2 aromatic heterocycles.